The van der Waals surface area contributed by atoms with E-state index in [0.29, 0.717) is 33.6 Å². The molecule has 0 saturated carbocycles. The summed E-state index contributed by atoms with van der Waals surface area (Å²) in [6, 6.07) is 10.2. The van der Waals surface area contributed by atoms with Gasteiger partial charge in [-0.25, -0.2) is 0 Å². The van der Waals surface area contributed by atoms with Crippen LogP contribution in [0.2, 0.25) is 5.02 Å². The number of hydrogen-bond acceptors (Lipinski definition) is 5. The number of rotatable bonds is 6. The van der Waals surface area contributed by atoms with Crippen LogP contribution in [0.25, 0.3) is 0 Å². The Morgan fingerprint density at radius 1 is 1.07 bits per heavy atom. The van der Waals surface area contributed by atoms with Crippen LogP contribution >= 0.6 is 11.6 Å². The number of nitrogens with zero attached hydrogens (tertiary/aromatic N) is 1. The van der Waals surface area contributed by atoms with E-state index in [1.807, 2.05) is 0 Å². The van der Waals surface area contributed by atoms with Gasteiger partial charge in [0.1, 0.15) is 0 Å². The van der Waals surface area contributed by atoms with Gasteiger partial charge in [-0.05, 0) is 24.3 Å². The van der Waals surface area contributed by atoms with Crippen molar-refractivity contribution >= 4 is 34.8 Å². The van der Waals surface area contributed by atoms with E-state index in [-0.39, 0.29) is 24.8 Å². The standard InChI is InChI=1S/C20H21ClN2O5/c1-26-16-9-15(10-17(27-2)19(16)28-3)23-11-12(8-18(23)24)20(25)22-14-6-4-13(21)5-7-14/h4-7,9-10,12H,8,11H2,1-3H3,(H,22,25)/t12-/m1/s1. The molecule has 1 fully saturated rings. The largest absolute Gasteiger partial charge is 0.493 e. The van der Waals surface area contributed by atoms with Crippen LogP contribution in [0.1, 0.15) is 6.42 Å². The van der Waals surface area contributed by atoms with Crippen LogP contribution in [0.15, 0.2) is 36.4 Å². The van der Waals surface area contributed by atoms with Gasteiger partial charge in [-0.2, -0.15) is 0 Å². The highest BCUT2D eigenvalue weighted by atomic mass is 35.5. The van der Waals surface area contributed by atoms with E-state index in [4.69, 9.17) is 25.8 Å². The second-order valence-electron chi connectivity index (χ2n) is 6.29. The Hall–Kier alpha value is -2.93. The van der Waals surface area contributed by atoms with E-state index < -0.39 is 5.92 Å². The summed E-state index contributed by atoms with van der Waals surface area (Å²) in [7, 11) is 4.53. The average Bonchev–Trinajstić information content (AvgIpc) is 3.10. The molecule has 0 aliphatic carbocycles. The predicted molar refractivity (Wildman–Crippen MR) is 107 cm³/mol. The summed E-state index contributed by atoms with van der Waals surface area (Å²) in [6.07, 6.45) is 0.121. The third-order valence-corrected chi connectivity index (χ3v) is 4.82. The van der Waals surface area contributed by atoms with E-state index in [0.717, 1.165) is 0 Å². The van der Waals surface area contributed by atoms with Crippen LogP contribution in [0.5, 0.6) is 17.2 Å². The van der Waals surface area contributed by atoms with Crippen LogP contribution in [0, 0.1) is 5.92 Å². The van der Waals surface area contributed by atoms with Crippen molar-refractivity contribution in [2.75, 3.05) is 38.1 Å². The van der Waals surface area contributed by atoms with E-state index in [2.05, 4.69) is 5.32 Å². The van der Waals surface area contributed by atoms with Gasteiger partial charge >= 0.3 is 0 Å². The average molecular weight is 405 g/mol. The van der Waals surface area contributed by atoms with Gasteiger partial charge in [0.05, 0.1) is 32.9 Å². The first-order chi connectivity index (χ1) is 13.5. The maximum absolute atomic E-state index is 12.6. The second kappa shape index (κ2) is 8.39. The van der Waals surface area contributed by atoms with Crippen molar-refractivity contribution in [1.29, 1.82) is 0 Å². The monoisotopic (exact) mass is 404 g/mol. The van der Waals surface area contributed by atoms with Gasteiger partial charge in [0.25, 0.3) is 0 Å². The molecular formula is C20H21ClN2O5. The number of halogens is 1. The van der Waals surface area contributed by atoms with Gasteiger partial charge < -0.3 is 24.4 Å². The number of ether oxygens (including phenoxy) is 3. The van der Waals surface area contributed by atoms with Gasteiger partial charge in [0.15, 0.2) is 11.5 Å². The quantitative estimate of drug-likeness (QED) is 0.798. The Morgan fingerprint density at radius 3 is 2.21 bits per heavy atom. The summed E-state index contributed by atoms with van der Waals surface area (Å²) < 4.78 is 16.0. The fourth-order valence-corrected chi connectivity index (χ4v) is 3.26. The first kappa shape index (κ1) is 19.8. The van der Waals surface area contributed by atoms with Crippen LogP contribution in [-0.2, 0) is 9.59 Å². The SMILES string of the molecule is COc1cc(N2C[C@H](C(=O)Nc3ccc(Cl)cc3)CC2=O)cc(OC)c1OC. The number of amides is 2. The maximum atomic E-state index is 12.6. The Morgan fingerprint density at radius 2 is 1.68 bits per heavy atom. The number of carbonyl (C=O) groups is 2. The van der Waals surface area contributed by atoms with E-state index in [9.17, 15) is 9.59 Å². The molecule has 0 spiro atoms. The molecule has 148 valence electrons. The van der Waals surface area contributed by atoms with Crippen LogP contribution in [-0.4, -0.2) is 39.7 Å². The molecule has 1 atom stereocenters. The molecule has 28 heavy (non-hydrogen) atoms. The van der Waals surface area contributed by atoms with E-state index >= 15 is 0 Å². The summed E-state index contributed by atoms with van der Waals surface area (Å²) in [4.78, 5) is 26.7. The lowest BCUT2D eigenvalue weighted by molar-refractivity contribution is -0.122. The fraction of sp³-hybridized carbons (Fsp3) is 0.300. The molecule has 2 aromatic carbocycles. The van der Waals surface area contributed by atoms with Crippen LogP contribution < -0.4 is 24.4 Å². The summed E-state index contributed by atoms with van der Waals surface area (Å²) >= 11 is 5.86. The molecule has 7 nitrogen and oxygen atoms in total. The minimum absolute atomic E-state index is 0.121. The Kier molecular flexibility index (Phi) is 5.94. The molecule has 2 amide bonds. The minimum Gasteiger partial charge on any atom is -0.493 e. The molecule has 0 radical (unpaired) electrons. The lowest BCUT2D eigenvalue weighted by Gasteiger charge is -2.20. The van der Waals surface area contributed by atoms with Crippen molar-refractivity contribution in [3.05, 3.63) is 41.4 Å². The third-order valence-electron chi connectivity index (χ3n) is 4.57. The highest BCUT2D eigenvalue weighted by Crippen LogP contribution is 2.42. The first-order valence-corrected chi connectivity index (χ1v) is 9.01. The minimum atomic E-state index is -0.470. The molecule has 0 unspecified atom stereocenters. The lowest BCUT2D eigenvalue weighted by Crippen LogP contribution is -2.28. The molecule has 0 aromatic heterocycles. The Balaban J connectivity index is 1.79. The number of benzene rings is 2. The zero-order chi connectivity index (χ0) is 20.3. The van der Waals surface area contributed by atoms with Crippen LogP contribution in [0.4, 0.5) is 11.4 Å². The highest BCUT2D eigenvalue weighted by molar-refractivity contribution is 6.30. The number of methoxy groups -OCH3 is 3. The Bertz CT molecular complexity index is 860. The molecule has 0 bridgehead atoms. The third kappa shape index (κ3) is 3.99. The van der Waals surface area contributed by atoms with E-state index in [1.54, 1.807) is 41.3 Å². The van der Waals surface area contributed by atoms with Gasteiger partial charge in [0, 0.05) is 35.8 Å². The fourth-order valence-electron chi connectivity index (χ4n) is 3.13. The molecule has 3 rings (SSSR count). The molecular weight excluding hydrogens is 384 g/mol. The molecule has 8 heteroatoms. The van der Waals surface area contributed by atoms with Gasteiger partial charge in [-0.3, -0.25) is 9.59 Å². The van der Waals surface area contributed by atoms with Crippen molar-refractivity contribution in [2.24, 2.45) is 5.92 Å². The van der Waals surface area contributed by atoms with E-state index in [1.165, 1.54) is 21.3 Å². The number of hydrogen-bond donors (Lipinski definition) is 1. The topological polar surface area (TPSA) is 77.1 Å². The predicted octanol–water partition coefficient (Wildman–Crippen LogP) is 3.36. The number of anilines is 2. The van der Waals surface area contributed by atoms with Crippen molar-refractivity contribution < 1.29 is 23.8 Å². The summed E-state index contributed by atoms with van der Waals surface area (Å²) in [5, 5.41) is 3.41. The molecule has 2 aromatic rings. The zero-order valence-corrected chi connectivity index (χ0v) is 16.6. The number of nitrogens with one attached hydrogen (secondary N) is 1. The molecule has 1 N–H and O–H groups in total. The molecule has 1 aliphatic heterocycles. The van der Waals surface area contributed by atoms with Crippen molar-refractivity contribution in [3.63, 3.8) is 0 Å². The normalized spacial score (nSPS) is 16.1. The smallest absolute Gasteiger partial charge is 0.229 e. The zero-order valence-electron chi connectivity index (χ0n) is 15.8. The Labute approximate surface area is 168 Å². The number of carbonyl (C=O) groups excluding carboxylic acids is 2. The summed E-state index contributed by atoms with van der Waals surface area (Å²) in [6.45, 7) is 0.261. The second-order valence-corrected chi connectivity index (χ2v) is 6.72. The molecule has 1 aliphatic rings. The van der Waals surface area contributed by atoms with Gasteiger partial charge in [0.2, 0.25) is 17.6 Å². The van der Waals surface area contributed by atoms with Gasteiger partial charge in [-0.1, -0.05) is 11.6 Å². The van der Waals surface area contributed by atoms with Crippen molar-refractivity contribution in [3.8, 4) is 17.2 Å². The lowest BCUT2D eigenvalue weighted by atomic mass is 10.1. The van der Waals surface area contributed by atoms with Crippen molar-refractivity contribution in [2.45, 2.75) is 6.42 Å². The summed E-state index contributed by atoms with van der Waals surface area (Å²) in [5.41, 5.74) is 1.22. The highest BCUT2D eigenvalue weighted by Gasteiger charge is 2.36. The summed E-state index contributed by atoms with van der Waals surface area (Å²) in [5.74, 6) is 0.494. The van der Waals surface area contributed by atoms with Crippen molar-refractivity contribution in [1.82, 2.24) is 0 Å². The molecule has 1 saturated heterocycles. The van der Waals surface area contributed by atoms with Crippen LogP contribution in [0.3, 0.4) is 0 Å². The van der Waals surface area contributed by atoms with Gasteiger partial charge in [-0.15, -0.1) is 0 Å². The maximum Gasteiger partial charge on any atom is 0.229 e. The first-order valence-electron chi connectivity index (χ1n) is 8.63. The molecule has 1 heterocycles.